The van der Waals surface area contributed by atoms with Gasteiger partial charge in [-0.2, -0.15) is 19.1 Å². The average molecular weight is 2060 g/mol. The summed E-state index contributed by atoms with van der Waals surface area (Å²) in [5.74, 6) is -0.213. The standard InChI is InChI=1S/2C24H29N4O6PS.C22H23N4O6PS.C21H29N4O6PS/c1-24(2,3)12-13-28-18-9-7-6-8-16(18)21(29)20(23(28)30)22-25-17-11-10-15(27-36(5,32)33)14-19(17)35(31,26-22)34-4;1-5-15(2)12-13-28-19-9-7-6-8-17(19)22(29)21(24(28)30)23-25-18-11-10-16(27-36(4,32)33)14-20(18)35(31,26-23)34-3;1-32-33(29)18-11-14(25-34(2,30)31)9-10-16(18)23-21(24-33)19-20(27)15-5-3-4-6-17(15)26(22(19)28)12-13-7-8-13;1-12(2)9-10-25-14(4)13(3)19(26)18(21(25)27)20-22-16-8-7-15(24-33(6,29)30)11-17(16)32(28,23-20)31-5/h6-11,14,27,29H,12-13H2,1-5H3,(H,25,26,31);6-11,14-15,27,29H,5,12-13H2,1-4H3,(H,25,26,31);3-6,9-11,13,25,27H,7-8,12H2,1-2H3,(H,23,24,29);7-8,11-12,24,26H,9-10H2,1-6H3,(H,22,23,28). The number of nitrogens with one attached hydrogen (secondary N) is 8. The molecule has 4 aromatic heterocycles. The van der Waals surface area contributed by atoms with E-state index in [4.69, 9.17) is 18.1 Å². The Morgan fingerprint density at radius 2 is 0.698 bits per heavy atom. The zero-order chi connectivity index (χ0) is 102. The first kappa shape index (κ1) is 104. The number of rotatable bonds is 27. The van der Waals surface area contributed by atoms with Crippen molar-refractivity contribution in [2.45, 2.75) is 127 Å². The second-order valence-corrected chi connectivity index (χ2v) is 51.1. The SMILES string of the molecule is CCC(C)CCn1c(=O)c(C2=NP(=O)(OC)c3cc(NS(C)(=O)=O)ccc3N2)c(O)c2ccccc21.COP1(=O)N=C(c2c(O)c(C)c(C)n(CCC(C)C)c2=O)Nc2ccc(NS(C)(=O)=O)cc21.COP1(=O)N=C(c2c(O)c3ccccc3n(CC3CC3)c2=O)Nc2ccc(NS(C)(=O)=O)cc21.COP1(=O)N=C(c2c(O)c3ccccc3n(CCC(C)(C)C)c2=O)Nc2ccc(NS(C)(=O)=O)cc21. The van der Waals surface area contributed by atoms with Gasteiger partial charge in [-0.25, -0.2) is 33.7 Å². The van der Waals surface area contributed by atoms with Crippen LogP contribution in [0.25, 0.3) is 32.7 Å². The summed E-state index contributed by atoms with van der Waals surface area (Å²) in [5, 5.41) is 58.1. The van der Waals surface area contributed by atoms with Gasteiger partial charge in [-0.1, -0.05) is 91.3 Å². The number of pyridine rings is 4. The molecule has 11 aromatic rings. The summed E-state index contributed by atoms with van der Waals surface area (Å²) in [6.07, 6.45) is 9.29. The molecule has 12 N–H and O–H groups in total. The first-order valence-corrected chi connectivity index (χ1v) is 57.5. The third kappa shape index (κ3) is 23.0. The molecule has 7 aromatic carbocycles. The summed E-state index contributed by atoms with van der Waals surface area (Å²) < 4.78 is 201. The van der Waals surface area contributed by atoms with Gasteiger partial charge in [0.2, 0.25) is 40.1 Å². The zero-order valence-electron chi connectivity index (χ0n) is 79.1. The highest BCUT2D eigenvalue weighted by molar-refractivity contribution is 7.92. The molecule has 1 fully saturated rings. The van der Waals surface area contributed by atoms with Crippen molar-refractivity contribution in [2.75, 3.05) is 93.6 Å². The van der Waals surface area contributed by atoms with E-state index in [0.717, 1.165) is 57.1 Å². The fraction of sp³-hybridized carbons (Fsp3) is 0.341. The molecular formula is C91H110N16O24P4S4. The topological polar surface area (TPSA) is 556 Å². The van der Waals surface area contributed by atoms with Crippen LogP contribution in [0.15, 0.2) is 184 Å². The Morgan fingerprint density at radius 3 is 0.986 bits per heavy atom. The van der Waals surface area contributed by atoms with Crippen molar-refractivity contribution in [1.29, 1.82) is 0 Å². The highest BCUT2D eigenvalue weighted by atomic mass is 32.2. The molecule has 4 aliphatic heterocycles. The smallest absolute Gasteiger partial charge is 0.348 e. The molecule has 742 valence electrons. The van der Waals surface area contributed by atoms with Crippen LogP contribution in [-0.4, -0.2) is 149 Å². The van der Waals surface area contributed by atoms with E-state index < -0.39 is 92.4 Å². The minimum atomic E-state index is -3.92. The number of sulfonamides is 4. The molecule has 8 heterocycles. The first-order chi connectivity index (χ1) is 65.1. The highest BCUT2D eigenvalue weighted by Gasteiger charge is 2.42. The van der Waals surface area contributed by atoms with Gasteiger partial charge in [-0.05, 0) is 178 Å². The van der Waals surface area contributed by atoms with E-state index in [-0.39, 0.29) is 118 Å². The Bertz CT molecular complexity index is 7950. The zero-order valence-corrected chi connectivity index (χ0v) is 86.0. The molecule has 0 spiro atoms. The molecule has 139 heavy (non-hydrogen) atoms. The molecule has 5 atom stereocenters. The van der Waals surface area contributed by atoms with Crippen LogP contribution < -0.4 is 83.6 Å². The van der Waals surface area contributed by atoms with Crippen LogP contribution in [0.3, 0.4) is 0 Å². The van der Waals surface area contributed by atoms with Crippen LogP contribution >= 0.6 is 30.1 Å². The van der Waals surface area contributed by atoms with Gasteiger partial charge in [0, 0.05) is 105 Å². The van der Waals surface area contributed by atoms with E-state index in [0.29, 0.717) is 117 Å². The number of aromatic hydroxyl groups is 4. The van der Waals surface area contributed by atoms with Crippen LogP contribution in [0.1, 0.15) is 121 Å². The Kier molecular flexibility index (Phi) is 30.2. The van der Waals surface area contributed by atoms with Gasteiger partial charge in [-0.3, -0.25) is 56.3 Å². The van der Waals surface area contributed by atoms with E-state index >= 15 is 0 Å². The summed E-state index contributed by atoms with van der Waals surface area (Å²) in [6.45, 7) is 19.8. The Balaban J connectivity index is 0.000000156. The Morgan fingerprint density at radius 1 is 0.417 bits per heavy atom. The third-order valence-corrected chi connectivity index (χ3v) is 33.6. The quantitative estimate of drug-likeness (QED) is 0.0213. The number of aryl methyl sites for hydroxylation is 2. The van der Waals surface area contributed by atoms with Gasteiger partial charge in [0.1, 0.15) is 45.3 Å². The van der Waals surface area contributed by atoms with Crippen LogP contribution in [-0.2, 0) is 103 Å². The number of para-hydroxylation sites is 3. The lowest BCUT2D eigenvalue weighted by Gasteiger charge is -2.26. The normalized spacial score (nSPS) is 18.5. The maximum atomic E-state index is 13.7. The second kappa shape index (κ2) is 40.3. The second-order valence-electron chi connectivity index (χ2n) is 35.7. The number of hydrogen-bond acceptors (Lipinski definition) is 28. The summed E-state index contributed by atoms with van der Waals surface area (Å²) in [5.41, 5.74) is 2.69. The van der Waals surface area contributed by atoms with Crippen molar-refractivity contribution in [3.8, 4) is 23.0 Å². The largest absolute Gasteiger partial charge is 0.507 e. The van der Waals surface area contributed by atoms with Crippen LogP contribution in [0.2, 0.25) is 0 Å². The fourth-order valence-corrected chi connectivity index (χ4v) is 24.1. The van der Waals surface area contributed by atoms with E-state index in [1.54, 1.807) is 105 Å². The van der Waals surface area contributed by atoms with Gasteiger partial charge in [0.25, 0.3) is 22.2 Å². The molecule has 48 heteroatoms. The maximum Gasteiger partial charge on any atom is 0.348 e. The molecule has 5 unspecified atom stereocenters. The van der Waals surface area contributed by atoms with Gasteiger partial charge in [-0.15, -0.1) is 0 Å². The van der Waals surface area contributed by atoms with E-state index in [1.807, 2.05) is 0 Å². The van der Waals surface area contributed by atoms with Crippen LogP contribution in [0.4, 0.5) is 45.5 Å². The predicted molar refractivity (Wildman–Crippen MR) is 549 cm³/mol. The van der Waals surface area contributed by atoms with Gasteiger partial charge >= 0.3 is 30.1 Å². The lowest BCUT2D eigenvalue weighted by atomic mass is 9.92. The summed E-state index contributed by atoms with van der Waals surface area (Å²) >= 11 is 0. The molecular weight excluding hydrogens is 1950 g/mol. The van der Waals surface area contributed by atoms with Gasteiger partial charge in [0.05, 0.1) is 85.5 Å². The minimum absolute atomic E-state index is 0.0401. The molecule has 16 rings (SSSR count). The van der Waals surface area contributed by atoms with Crippen LogP contribution in [0, 0.1) is 37.0 Å². The number of nitrogens with zero attached hydrogens (tertiary/aromatic N) is 8. The number of amidine groups is 4. The van der Waals surface area contributed by atoms with E-state index in [2.05, 4.69) is 108 Å². The van der Waals surface area contributed by atoms with Crippen molar-refractivity contribution in [3.05, 3.63) is 221 Å². The first-order valence-electron chi connectivity index (χ1n) is 43.7. The predicted octanol–water partition coefficient (Wildman–Crippen LogP) is 13.5. The lowest BCUT2D eigenvalue weighted by Crippen LogP contribution is -2.35. The molecule has 0 radical (unpaired) electrons. The van der Waals surface area contributed by atoms with Gasteiger partial charge in [0.15, 0.2) is 23.3 Å². The molecule has 0 bridgehead atoms. The molecule has 0 saturated heterocycles. The monoisotopic (exact) mass is 2060 g/mol. The minimum Gasteiger partial charge on any atom is -0.507 e. The van der Waals surface area contributed by atoms with Gasteiger partial charge < -0.3 is 78.1 Å². The van der Waals surface area contributed by atoms with E-state index in [9.17, 15) is 91.5 Å². The molecule has 5 aliphatic rings. The molecule has 1 aliphatic carbocycles. The summed E-state index contributed by atoms with van der Waals surface area (Å²) in [6, 6.07) is 38.6. The van der Waals surface area contributed by atoms with Crippen molar-refractivity contribution in [3.63, 3.8) is 0 Å². The number of hydrogen-bond donors (Lipinski definition) is 12. The Hall–Kier alpha value is -12.0. The number of fused-ring (bicyclic) bond motifs is 7. The molecule has 1 saturated carbocycles. The van der Waals surface area contributed by atoms with E-state index in [1.165, 1.54) is 101 Å². The lowest BCUT2D eigenvalue weighted by molar-refractivity contribution is 0.350. The summed E-state index contributed by atoms with van der Waals surface area (Å²) in [7, 11) is -25.0. The third-order valence-electron chi connectivity index (χ3n) is 23.4. The van der Waals surface area contributed by atoms with Crippen molar-refractivity contribution >= 4 is 193 Å². The van der Waals surface area contributed by atoms with Crippen molar-refractivity contribution in [2.24, 2.45) is 42.2 Å². The van der Waals surface area contributed by atoms with Crippen molar-refractivity contribution in [1.82, 2.24) is 18.3 Å². The highest BCUT2D eigenvalue weighted by Crippen LogP contribution is 2.56. The average Bonchev–Trinajstić information content (AvgIpc) is 0.994. The Labute approximate surface area is 802 Å². The summed E-state index contributed by atoms with van der Waals surface area (Å²) in [4.78, 5) is 54.4. The van der Waals surface area contributed by atoms with Crippen molar-refractivity contribution < 1.29 is 90.5 Å². The maximum absolute atomic E-state index is 13.7. The molecule has 40 nitrogen and oxygen atoms in total. The number of anilines is 8. The number of benzene rings is 7. The number of aromatic nitrogens is 4. The van der Waals surface area contributed by atoms with Crippen LogP contribution in [0.5, 0.6) is 23.0 Å². The fourth-order valence-electron chi connectivity index (χ4n) is 15.8. The molecule has 0 amide bonds.